The molecule has 0 fully saturated rings. The van der Waals surface area contributed by atoms with Crippen molar-refractivity contribution >= 4 is 11.6 Å². The number of hydrogen-bond donors (Lipinski definition) is 1. The summed E-state index contributed by atoms with van der Waals surface area (Å²) in [5, 5.41) is 12.7. The van der Waals surface area contributed by atoms with Gasteiger partial charge >= 0.3 is 0 Å². The van der Waals surface area contributed by atoms with Crippen LogP contribution in [-0.2, 0) is 11.2 Å². The van der Waals surface area contributed by atoms with Gasteiger partial charge in [0.25, 0.3) is 0 Å². The van der Waals surface area contributed by atoms with Crippen molar-refractivity contribution < 1.29 is 4.79 Å². The van der Waals surface area contributed by atoms with Gasteiger partial charge in [-0.05, 0) is 42.2 Å². The highest BCUT2D eigenvalue weighted by atomic mass is 16.1. The van der Waals surface area contributed by atoms with Gasteiger partial charge in [0.1, 0.15) is 0 Å². The van der Waals surface area contributed by atoms with Gasteiger partial charge in [-0.1, -0.05) is 26.0 Å². The fourth-order valence-corrected chi connectivity index (χ4v) is 2.68. The van der Waals surface area contributed by atoms with Crippen molar-refractivity contribution in [3.8, 4) is 11.3 Å². The van der Waals surface area contributed by atoms with E-state index in [1.807, 2.05) is 37.3 Å². The second kappa shape index (κ2) is 5.79. The van der Waals surface area contributed by atoms with E-state index in [1.54, 1.807) is 4.52 Å². The first-order chi connectivity index (χ1) is 11.0. The molecule has 0 bridgehead atoms. The minimum absolute atomic E-state index is 0.222. The van der Waals surface area contributed by atoms with Crippen LogP contribution in [0.15, 0.2) is 30.3 Å². The summed E-state index contributed by atoms with van der Waals surface area (Å²) in [6.45, 7) is 6.13. The molecule has 6 heteroatoms. The molecule has 0 spiro atoms. The van der Waals surface area contributed by atoms with E-state index in [9.17, 15) is 4.79 Å². The average Bonchev–Trinajstić information content (AvgIpc) is 2.87. The van der Waals surface area contributed by atoms with Crippen molar-refractivity contribution in [1.82, 2.24) is 19.8 Å². The number of nitrogens with two attached hydrogens (primary N) is 1. The molecule has 0 radical (unpaired) electrons. The molecule has 0 aliphatic rings. The Labute approximate surface area is 134 Å². The van der Waals surface area contributed by atoms with E-state index in [4.69, 9.17) is 5.73 Å². The Morgan fingerprint density at radius 1 is 1.22 bits per heavy atom. The quantitative estimate of drug-likeness (QED) is 0.801. The van der Waals surface area contributed by atoms with E-state index in [0.29, 0.717) is 11.6 Å². The zero-order valence-electron chi connectivity index (χ0n) is 13.4. The van der Waals surface area contributed by atoms with Crippen LogP contribution < -0.4 is 5.73 Å². The van der Waals surface area contributed by atoms with Crippen molar-refractivity contribution in [2.24, 2.45) is 5.73 Å². The van der Waals surface area contributed by atoms with Gasteiger partial charge in [-0.3, -0.25) is 4.79 Å². The Bertz CT molecular complexity index is 882. The Kier molecular flexibility index (Phi) is 3.82. The number of aromatic nitrogens is 4. The third-order valence-corrected chi connectivity index (χ3v) is 3.81. The molecule has 3 rings (SSSR count). The molecular formula is C17H19N5O. The third-order valence-electron chi connectivity index (χ3n) is 3.81. The number of fused-ring (bicyclic) bond motifs is 1. The molecule has 1 amide bonds. The van der Waals surface area contributed by atoms with Crippen LogP contribution in [-0.4, -0.2) is 25.7 Å². The molecule has 2 heterocycles. The van der Waals surface area contributed by atoms with E-state index in [-0.39, 0.29) is 12.3 Å². The number of carbonyl (C=O) groups is 1. The summed E-state index contributed by atoms with van der Waals surface area (Å²) in [6.07, 6.45) is 0.222. The van der Waals surface area contributed by atoms with Gasteiger partial charge in [0.05, 0.1) is 12.1 Å². The largest absolute Gasteiger partial charge is 0.369 e. The monoisotopic (exact) mass is 309 g/mol. The molecule has 3 aromatic rings. The first kappa shape index (κ1) is 15.1. The normalized spacial score (nSPS) is 11.3. The maximum atomic E-state index is 11.2. The standard InChI is InChI=1S/C17H19N5O/c1-10(2)13-5-4-12(9-16(18)23)8-14(13)15-6-7-17-20-19-11(3)22(17)21-15/h4-8,10H,9H2,1-3H3,(H2,18,23). The van der Waals surface area contributed by atoms with Crippen LogP contribution in [0.3, 0.4) is 0 Å². The first-order valence-corrected chi connectivity index (χ1v) is 7.56. The van der Waals surface area contributed by atoms with E-state index in [1.165, 1.54) is 5.56 Å². The number of benzene rings is 1. The second-order valence-corrected chi connectivity index (χ2v) is 5.96. The fraction of sp³-hybridized carbons (Fsp3) is 0.294. The number of carbonyl (C=O) groups excluding carboxylic acids is 1. The highest BCUT2D eigenvalue weighted by Crippen LogP contribution is 2.29. The predicted molar refractivity (Wildman–Crippen MR) is 87.9 cm³/mol. The Morgan fingerprint density at radius 2 is 2.00 bits per heavy atom. The van der Waals surface area contributed by atoms with Gasteiger partial charge < -0.3 is 5.73 Å². The maximum absolute atomic E-state index is 11.2. The summed E-state index contributed by atoms with van der Waals surface area (Å²) in [7, 11) is 0. The maximum Gasteiger partial charge on any atom is 0.221 e. The molecule has 0 aliphatic carbocycles. The number of amides is 1. The van der Waals surface area contributed by atoms with E-state index >= 15 is 0 Å². The van der Waals surface area contributed by atoms with Crippen molar-refractivity contribution in [3.63, 3.8) is 0 Å². The first-order valence-electron chi connectivity index (χ1n) is 7.56. The number of rotatable bonds is 4. The fourth-order valence-electron chi connectivity index (χ4n) is 2.68. The summed E-state index contributed by atoms with van der Waals surface area (Å²) in [5.41, 5.74) is 9.93. The molecule has 0 unspecified atom stereocenters. The van der Waals surface area contributed by atoms with Crippen molar-refractivity contribution in [2.45, 2.75) is 33.1 Å². The molecule has 2 N–H and O–H groups in total. The number of hydrogen-bond acceptors (Lipinski definition) is 4. The van der Waals surface area contributed by atoms with Crippen LogP contribution in [0.1, 0.15) is 36.7 Å². The number of primary amides is 1. The Morgan fingerprint density at radius 3 is 2.70 bits per heavy atom. The lowest BCUT2D eigenvalue weighted by atomic mass is 9.92. The van der Waals surface area contributed by atoms with Crippen LogP contribution in [0.2, 0.25) is 0 Å². The van der Waals surface area contributed by atoms with Gasteiger partial charge in [0, 0.05) is 5.56 Å². The smallest absolute Gasteiger partial charge is 0.221 e. The van der Waals surface area contributed by atoms with Gasteiger partial charge in [-0.2, -0.15) is 9.61 Å². The third kappa shape index (κ3) is 2.92. The summed E-state index contributed by atoms with van der Waals surface area (Å²) in [4.78, 5) is 11.2. The molecule has 1 aromatic carbocycles. The topological polar surface area (TPSA) is 86.2 Å². The zero-order chi connectivity index (χ0) is 16.6. The number of nitrogens with zero attached hydrogens (tertiary/aromatic N) is 4. The van der Waals surface area contributed by atoms with Crippen LogP contribution in [0.4, 0.5) is 0 Å². The molecule has 23 heavy (non-hydrogen) atoms. The molecule has 0 aliphatic heterocycles. The molecule has 0 atom stereocenters. The van der Waals surface area contributed by atoms with Gasteiger partial charge in [0.2, 0.25) is 5.91 Å². The lowest BCUT2D eigenvalue weighted by Crippen LogP contribution is -2.13. The lowest BCUT2D eigenvalue weighted by Gasteiger charge is -2.14. The lowest BCUT2D eigenvalue weighted by molar-refractivity contribution is -0.117. The van der Waals surface area contributed by atoms with Crippen LogP contribution in [0.25, 0.3) is 16.9 Å². The van der Waals surface area contributed by atoms with Gasteiger partial charge in [-0.25, -0.2) is 0 Å². The van der Waals surface area contributed by atoms with Crippen LogP contribution in [0.5, 0.6) is 0 Å². The highest BCUT2D eigenvalue weighted by molar-refractivity contribution is 5.77. The van der Waals surface area contributed by atoms with Crippen LogP contribution in [0, 0.1) is 6.92 Å². The summed E-state index contributed by atoms with van der Waals surface area (Å²) in [6, 6.07) is 9.81. The summed E-state index contributed by atoms with van der Waals surface area (Å²) >= 11 is 0. The second-order valence-electron chi connectivity index (χ2n) is 5.96. The van der Waals surface area contributed by atoms with E-state index in [0.717, 1.165) is 22.6 Å². The Balaban J connectivity index is 2.17. The SMILES string of the molecule is Cc1nnc2ccc(-c3cc(CC(N)=O)ccc3C(C)C)nn12. The Hall–Kier alpha value is -2.76. The predicted octanol–water partition coefficient (Wildman–Crippen LogP) is 2.25. The van der Waals surface area contributed by atoms with Gasteiger partial charge in [0.15, 0.2) is 11.5 Å². The van der Waals surface area contributed by atoms with Crippen LogP contribution >= 0.6 is 0 Å². The van der Waals surface area contributed by atoms with Gasteiger partial charge in [-0.15, -0.1) is 10.2 Å². The molecule has 2 aromatic heterocycles. The highest BCUT2D eigenvalue weighted by Gasteiger charge is 2.13. The van der Waals surface area contributed by atoms with E-state index in [2.05, 4.69) is 29.1 Å². The summed E-state index contributed by atoms with van der Waals surface area (Å²) in [5.74, 6) is 0.736. The molecule has 0 saturated heterocycles. The zero-order valence-corrected chi connectivity index (χ0v) is 13.4. The molecule has 6 nitrogen and oxygen atoms in total. The molecular weight excluding hydrogens is 290 g/mol. The number of aryl methyl sites for hydroxylation is 1. The van der Waals surface area contributed by atoms with Crippen molar-refractivity contribution in [1.29, 1.82) is 0 Å². The minimum Gasteiger partial charge on any atom is -0.369 e. The average molecular weight is 309 g/mol. The van der Waals surface area contributed by atoms with Crippen molar-refractivity contribution in [2.75, 3.05) is 0 Å². The van der Waals surface area contributed by atoms with E-state index < -0.39 is 0 Å². The minimum atomic E-state index is -0.341. The summed E-state index contributed by atoms with van der Waals surface area (Å²) < 4.78 is 1.72. The molecule has 0 saturated carbocycles. The van der Waals surface area contributed by atoms with Crippen molar-refractivity contribution in [3.05, 3.63) is 47.3 Å². The molecule has 118 valence electrons.